The van der Waals surface area contributed by atoms with Gasteiger partial charge in [-0.1, -0.05) is 0 Å². The van der Waals surface area contributed by atoms with Crippen molar-refractivity contribution < 1.29 is 14.0 Å². The highest BCUT2D eigenvalue weighted by atomic mass is 32.1. The summed E-state index contributed by atoms with van der Waals surface area (Å²) in [6.07, 6.45) is 1.58. The maximum Gasteiger partial charge on any atom is 0.325 e. The molecule has 122 valence electrons. The van der Waals surface area contributed by atoms with Crippen molar-refractivity contribution in [2.45, 2.75) is 0 Å². The molecule has 0 aliphatic rings. The van der Waals surface area contributed by atoms with E-state index in [9.17, 15) is 14.0 Å². The molecule has 0 aliphatic heterocycles. The van der Waals surface area contributed by atoms with E-state index >= 15 is 0 Å². The number of thiazole rings is 2. The lowest BCUT2D eigenvalue weighted by Gasteiger charge is -2.04. The molecule has 0 saturated carbocycles. The van der Waals surface area contributed by atoms with Crippen LogP contribution in [-0.4, -0.2) is 21.9 Å². The largest absolute Gasteiger partial charge is 0.325 e. The van der Waals surface area contributed by atoms with E-state index in [1.165, 1.54) is 41.0 Å². The first-order valence-corrected chi connectivity index (χ1v) is 8.36. The van der Waals surface area contributed by atoms with Gasteiger partial charge in [0.05, 0.1) is 0 Å². The molecule has 3 aromatic rings. The van der Waals surface area contributed by atoms with Crippen LogP contribution in [0.2, 0.25) is 0 Å². The van der Waals surface area contributed by atoms with E-state index in [2.05, 4.69) is 25.9 Å². The Labute approximate surface area is 143 Å². The van der Waals surface area contributed by atoms with Gasteiger partial charge in [-0.05, 0) is 24.3 Å². The number of carbonyl (C=O) groups is 2. The summed E-state index contributed by atoms with van der Waals surface area (Å²) in [6, 6.07) is 4.80. The SMILES string of the molecule is O=C(Nc1ccc(F)cc1)Nc1nc(C(=O)Nc2nccs2)cs1. The summed E-state index contributed by atoms with van der Waals surface area (Å²) >= 11 is 2.40. The molecule has 3 rings (SSSR count). The Morgan fingerprint density at radius 3 is 2.50 bits per heavy atom. The second-order valence-electron chi connectivity index (χ2n) is 4.42. The summed E-state index contributed by atoms with van der Waals surface area (Å²) in [4.78, 5) is 31.8. The molecule has 0 fully saturated rings. The van der Waals surface area contributed by atoms with Crippen LogP contribution < -0.4 is 16.0 Å². The monoisotopic (exact) mass is 363 g/mol. The van der Waals surface area contributed by atoms with Gasteiger partial charge in [0.1, 0.15) is 11.5 Å². The fourth-order valence-electron chi connectivity index (χ4n) is 1.67. The van der Waals surface area contributed by atoms with Gasteiger partial charge in [-0.3, -0.25) is 15.4 Å². The minimum absolute atomic E-state index is 0.173. The molecule has 24 heavy (non-hydrogen) atoms. The van der Waals surface area contributed by atoms with E-state index in [1.807, 2.05) is 0 Å². The van der Waals surface area contributed by atoms with Gasteiger partial charge in [0.2, 0.25) is 0 Å². The molecule has 3 N–H and O–H groups in total. The average Bonchev–Trinajstić information content (AvgIpc) is 3.21. The molecular formula is C14H10FN5O2S2. The number of hydrogen-bond donors (Lipinski definition) is 3. The smallest absolute Gasteiger partial charge is 0.308 e. The highest BCUT2D eigenvalue weighted by Gasteiger charge is 2.13. The fourth-order valence-corrected chi connectivity index (χ4v) is 2.88. The summed E-state index contributed by atoms with van der Waals surface area (Å²) in [5, 5.41) is 11.6. The van der Waals surface area contributed by atoms with Crippen molar-refractivity contribution in [3.8, 4) is 0 Å². The quantitative estimate of drug-likeness (QED) is 0.659. The highest BCUT2D eigenvalue weighted by Crippen LogP contribution is 2.18. The second kappa shape index (κ2) is 7.15. The second-order valence-corrected chi connectivity index (χ2v) is 6.17. The first-order valence-electron chi connectivity index (χ1n) is 6.60. The minimum atomic E-state index is -0.539. The lowest BCUT2D eigenvalue weighted by atomic mass is 10.3. The van der Waals surface area contributed by atoms with Crippen molar-refractivity contribution in [2.75, 3.05) is 16.0 Å². The van der Waals surface area contributed by atoms with Crippen molar-refractivity contribution in [1.29, 1.82) is 0 Å². The van der Waals surface area contributed by atoms with Crippen molar-refractivity contribution >= 4 is 50.6 Å². The Kier molecular flexibility index (Phi) is 4.77. The predicted octanol–water partition coefficient (Wildman–Crippen LogP) is 3.64. The van der Waals surface area contributed by atoms with E-state index in [1.54, 1.807) is 11.6 Å². The molecule has 0 unspecified atom stereocenters. The van der Waals surface area contributed by atoms with Gasteiger partial charge in [-0.2, -0.15) is 0 Å². The third-order valence-corrected chi connectivity index (χ3v) is 4.16. The van der Waals surface area contributed by atoms with Crippen LogP contribution in [0.4, 0.5) is 25.1 Å². The number of halogens is 1. The van der Waals surface area contributed by atoms with Gasteiger partial charge in [0.15, 0.2) is 10.3 Å². The lowest BCUT2D eigenvalue weighted by molar-refractivity contribution is 0.102. The van der Waals surface area contributed by atoms with E-state index in [-0.39, 0.29) is 10.8 Å². The van der Waals surface area contributed by atoms with Gasteiger partial charge < -0.3 is 5.32 Å². The number of urea groups is 1. The molecule has 2 heterocycles. The van der Waals surface area contributed by atoms with Crippen molar-refractivity contribution in [1.82, 2.24) is 9.97 Å². The topological polar surface area (TPSA) is 96.0 Å². The summed E-state index contributed by atoms with van der Waals surface area (Å²) < 4.78 is 12.8. The Balaban J connectivity index is 1.58. The van der Waals surface area contributed by atoms with Gasteiger partial charge in [-0.25, -0.2) is 19.2 Å². The predicted molar refractivity (Wildman–Crippen MR) is 91.2 cm³/mol. The van der Waals surface area contributed by atoms with Crippen LogP contribution in [0, 0.1) is 5.82 Å². The molecule has 1 aromatic carbocycles. The van der Waals surface area contributed by atoms with Crippen molar-refractivity contribution in [3.63, 3.8) is 0 Å². The standard InChI is InChI=1S/C14H10FN5O2S2/c15-8-1-3-9(4-2-8)17-12(22)20-14-18-10(7-24-14)11(21)19-13-16-5-6-23-13/h1-7H,(H,16,19,21)(H2,17,18,20,22). The fraction of sp³-hybridized carbons (Fsp3) is 0. The molecule has 7 nitrogen and oxygen atoms in total. The molecule has 0 bridgehead atoms. The van der Waals surface area contributed by atoms with E-state index < -0.39 is 17.8 Å². The Bertz CT molecular complexity index is 848. The van der Waals surface area contributed by atoms with Crippen LogP contribution in [-0.2, 0) is 0 Å². The molecular weight excluding hydrogens is 353 g/mol. The summed E-state index contributed by atoms with van der Waals surface area (Å²) in [7, 11) is 0. The number of carbonyl (C=O) groups excluding carboxylic acids is 2. The lowest BCUT2D eigenvalue weighted by Crippen LogP contribution is -2.19. The van der Waals surface area contributed by atoms with Crippen LogP contribution in [0.1, 0.15) is 10.5 Å². The molecule has 0 spiro atoms. The molecule has 0 radical (unpaired) electrons. The highest BCUT2D eigenvalue weighted by molar-refractivity contribution is 7.14. The van der Waals surface area contributed by atoms with Crippen molar-refractivity contribution in [3.05, 3.63) is 52.7 Å². The average molecular weight is 363 g/mol. The Morgan fingerprint density at radius 1 is 1.00 bits per heavy atom. The number of nitrogens with one attached hydrogen (secondary N) is 3. The van der Waals surface area contributed by atoms with Crippen LogP contribution in [0.5, 0.6) is 0 Å². The maximum atomic E-state index is 12.8. The number of benzene rings is 1. The van der Waals surface area contributed by atoms with Gasteiger partial charge in [0.25, 0.3) is 5.91 Å². The summed E-state index contributed by atoms with van der Waals surface area (Å²) in [5.41, 5.74) is 0.611. The van der Waals surface area contributed by atoms with Crippen LogP contribution in [0.3, 0.4) is 0 Å². The first kappa shape index (κ1) is 16.0. The van der Waals surface area contributed by atoms with Crippen LogP contribution in [0.25, 0.3) is 0 Å². The van der Waals surface area contributed by atoms with Gasteiger partial charge in [-0.15, -0.1) is 22.7 Å². The third kappa shape index (κ3) is 4.12. The van der Waals surface area contributed by atoms with E-state index in [0.717, 1.165) is 11.3 Å². The Hall–Kier alpha value is -2.85. The molecule has 0 aliphatic carbocycles. The molecule has 3 amide bonds. The zero-order chi connectivity index (χ0) is 16.9. The molecule has 0 atom stereocenters. The zero-order valence-corrected chi connectivity index (χ0v) is 13.6. The van der Waals surface area contributed by atoms with Crippen molar-refractivity contribution in [2.24, 2.45) is 0 Å². The third-order valence-electron chi connectivity index (χ3n) is 2.71. The van der Waals surface area contributed by atoms with E-state index in [0.29, 0.717) is 10.8 Å². The molecule has 2 aromatic heterocycles. The number of nitrogens with zero attached hydrogens (tertiary/aromatic N) is 2. The first-order chi connectivity index (χ1) is 11.6. The number of amides is 3. The van der Waals surface area contributed by atoms with Gasteiger partial charge in [0, 0.05) is 22.6 Å². The van der Waals surface area contributed by atoms with Gasteiger partial charge >= 0.3 is 6.03 Å². The van der Waals surface area contributed by atoms with Crippen LogP contribution >= 0.6 is 22.7 Å². The normalized spacial score (nSPS) is 10.2. The molecule has 10 heteroatoms. The Morgan fingerprint density at radius 2 is 1.79 bits per heavy atom. The number of rotatable bonds is 4. The number of anilines is 3. The summed E-state index contributed by atoms with van der Waals surface area (Å²) in [6.45, 7) is 0. The maximum absolute atomic E-state index is 12.8. The molecule has 0 saturated heterocycles. The van der Waals surface area contributed by atoms with Crippen LogP contribution in [0.15, 0.2) is 41.2 Å². The number of hydrogen-bond acceptors (Lipinski definition) is 6. The zero-order valence-electron chi connectivity index (χ0n) is 11.9. The summed E-state index contributed by atoms with van der Waals surface area (Å²) in [5.74, 6) is -0.801. The number of aromatic nitrogens is 2. The minimum Gasteiger partial charge on any atom is -0.308 e. The van der Waals surface area contributed by atoms with E-state index in [4.69, 9.17) is 0 Å².